The standard InChI is InChI=1S/C58H47BN2O2Si/c1-57(2,3)32-21-24-34(25-22-32)61-44-28-38-35-15-9-12-18-46(35)62-48(38)30-41(44)51-52-37-17-11-14-20-50(37)64(7,8)56(52)53-40-27-33(58(4,5)6)23-26-43(40)60-45-29-39-36-16-10-13-19-47(36)63-49(39)31-42(45)59(61)54(51)55(53)60/h9-31H,1-8H3. The number of aromatic nitrogens is 1. The molecule has 0 fully saturated rings. The van der Waals surface area contributed by atoms with Crippen LogP contribution in [0.5, 0.6) is 0 Å². The Morgan fingerprint density at radius 3 is 1.81 bits per heavy atom. The summed E-state index contributed by atoms with van der Waals surface area (Å²) in [6, 6.07) is 52.8. The molecule has 0 aliphatic carbocycles. The summed E-state index contributed by atoms with van der Waals surface area (Å²) in [5.74, 6) is 0. The summed E-state index contributed by atoms with van der Waals surface area (Å²) in [5, 5.41) is 10.4. The second-order valence-electron chi connectivity index (χ2n) is 21.3. The number of anilines is 2. The van der Waals surface area contributed by atoms with Crippen molar-refractivity contribution in [2.75, 3.05) is 4.81 Å². The molecule has 3 aliphatic rings. The van der Waals surface area contributed by atoms with Crippen LogP contribution < -0.4 is 26.1 Å². The third-order valence-corrected chi connectivity index (χ3v) is 18.8. The molecule has 0 unspecified atom stereocenters. The number of benzene rings is 8. The lowest BCUT2D eigenvalue weighted by Gasteiger charge is -2.43. The van der Waals surface area contributed by atoms with E-state index in [0.717, 1.165) is 49.6 Å². The average molecular weight is 843 g/mol. The van der Waals surface area contributed by atoms with Crippen LogP contribution in [0.25, 0.3) is 93.6 Å². The van der Waals surface area contributed by atoms with Crippen molar-refractivity contribution in [2.24, 2.45) is 0 Å². The molecular formula is C58H47BN2O2Si. The van der Waals surface area contributed by atoms with Crippen molar-refractivity contribution in [3.63, 3.8) is 0 Å². The molecule has 0 saturated carbocycles. The minimum absolute atomic E-state index is 0.0147. The molecule has 0 atom stereocenters. The maximum atomic E-state index is 6.82. The molecular weight excluding hydrogens is 796 g/mol. The Bertz CT molecular complexity index is 3910. The molecule has 3 aromatic heterocycles. The van der Waals surface area contributed by atoms with Gasteiger partial charge in [-0.1, -0.05) is 133 Å². The maximum absolute atomic E-state index is 6.82. The zero-order valence-corrected chi connectivity index (χ0v) is 38.6. The van der Waals surface area contributed by atoms with Crippen LogP contribution in [0.2, 0.25) is 13.1 Å². The third-order valence-electron chi connectivity index (χ3n) is 15.2. The zero-order valence-electron chi connectivity index (χ0n) is 37.6. The summed E-state index contributed by atoms with van der Waals surface area (Å²) in [6.45, 7) is 18.9. The molecule has 0 radical (unpaired) electrons. The van der Waals surface area contributed by atoms with Gasteiger partial charge in [-0.05, 0) is 121 Å². The van der Waals surface area contributed by atoms with E-state index in [4.69, 9.17) is 8.83 Å². The van der Waals surface area contributed by atoms with Gasteiger partial charge in [0.25, 0.3) is 0 Å². The summed E-state index contributed by atoms with van der Waals surface area (Å²) in [6.07, 6.45) is 0. The van der Waals surface area contributed by atoms with Gasteiger partial charge in [0, 0.05) is 54.9 Å². The molecule has 4 nitrogen and oxygen atoms in total. The van der Waals surface area contributed by atoms with Crippen molar-refractivity contribution in [1.29, 1.82) is 0 Å². The number of rotatable bonds is 1. The summed E-state index contributed by atoms with van der Waals surface area (Å²) < 4.78 is 16.3. The van der Waals surface area contributed by atoms with E-state index >= 15 is 0 Å². The minimum Gasteiger partial charge on any atom is -0.456 e. The van der Waals surface area contributed by atoms with Gasteiger partial charge in [-0.3, -0.25) is 0 Å². The van der Waals surface area contributed by atoms with Crippen molar-refractivity contribution in [2.45, 2.75) is 65.5 Å². The first-order valence-electron chi connectivity index (χ1n) is 22.9. The molecule has 6 heterocycles. The van der Waals surface area contributed by atoms with E-state index < -0.39 is 8.07 Å². The molecule has 64 heavy (non-hydrogen) atoms. The summed E-state index contributed by atoms with van der Waals surface area (Å²) >= 11 is 0. The third kappa shape index (κ3) is 4.54. The van der Waals surface area contributed by atoms with E-state index in [9.17, 15) is 0 Å². The van der Waals surface area contributed by atoms with Gasteiger partial charge in [0.2, 0.25) is 0 Å². The lowest BCUT2D eigenvalue weighted by molar-refractivity contribution is 0.590. The molecule has 308 valence electrons. The highest BCUT2D eigenvalue weighted by molar-refractivity contribution is 7.06. The Kier molecular flexibility index (Phi) is 6.81. The first-order chi connectivity index (χ1) is 30.8. The Morgan fingerprint density at radius 2 is 1.12 bits per heavy atom. The molecule has 0 spiro atoms. The van der Waals surface area contributed by atoms with Gasteiger partial charge in [-0.25, -0.2) is 0 Å². The Labute approximate surface area is 373 Å². The van der Waals surface area contributed by atoms with E-state index in [0.29, 0.717) is 0 Å². The van der Waals surface area contributed by atoms with Gasteiger partial charge < -0.3 is 18.2 Å². The highest BCUT2D eigenvalue weighted by atomic mass is 28.3. The highest BCUT2D eigenvalue weighted by Crippen LogP contribution is 2.52. The largest absolute Gasteiger partial charge is 0.456 e. The Balaban J connectivity index is 1.24. The van der Waals surface area contributed by atoms with Crippen LogP contribution in [0, 0.1) is 0 Å². The molecule has 8 aromatic carbocycles. The first kappa shape index (κ1) is 36.7. The van der Waals surface area contributed by atoms with E-state index in [1.165, 1.54) is 82.7 Å². The van der Waals surface area contributed by atoms with Crippen molar-refractivity contribution in [3.05, 3.63) is 151 Å². The van der Waals surface area contributed by atoms with Crippen LogP contribution in [0.15, 0.2) is 148 Å². The fraction of sp³-hybridized carbons (Fsp3) is 0.172. The fourth-order valence-corrected chi connectivity index (χ4v) is 15.6. The van der Waals surface area contributed by atoms with Crippen molar-refractivity contribution >= 4 is 113 Å². The highest BCUT2D eigenvalue weighted by Gasteiger charge is 2.50. The fourth-order valence-electron chi connectivity index (χ4n) is 12.2. The summed E-state index contributed by atoms with van der Waals surface area (Å²) in [4.78, 5) is 2.66. The maximum Gasteiger partial charge on any atom is 0.333 e. The smallest absolute Gasteiger partial charge is 0.333 e. The first-order valence-corrected chi connectivity index (χ1v) is 25.9. The number of nitrogens with zero attached hydrogens (tertiary/aromatic N) is 2. The van der Waals surface area contributed by atoms with Gasteiger partial charge >= 0.3 is 6.85 Å². The molecule has 14 rings (SSSR count). The SMILES string of the molecule is CC(C)(C)c1ccc(N2B3c4cc5oc6ccccc6c5cc4-n4c5ccc(C(C)(C)C)cc5c5c6c(c(c3c54)-c3cc4oc5ccccc5c4cc32)-c2ccccc2[Si]6(C)C)cc1. The number of hydrogen-bond donors (Lipinski definition) is 0. The molecule has 0 amide bonds. The Morgan fingerprint density at radius 1 is 0.516 bits per heavy atom. The number of para-hydroxylation sites is 2. The van der Waals surface area contributed by atoms with Crippen molar-refractivity contribution in [3.8, 4) is 27.9 Å². The predicted octanol–water partition coefficient (Wildman–Crippen LogP) is 13.2. The zero-order chi connectivity index (χ0) is 43.3. The number of hydrogen-bond acceptors (Lipinski definition) is 3. The van der Waals surface area contributed by atoms with Crippen molar-refractivity contribution in [1.82, 2.24) is 4.57 Å². The molecule has 0 N–H and O–H groups in total. The minimum atomic E-state index is -2.30. The van der Waals surface area contributed by atoms with Gasteiger partial charge in [0.05, 0.1) is 11.0 Å². The average Bonchev–Trinajstić information content (AvgIpc) is 4.00. The lowest BCUT2D eigenvalue weighted by atomic mass is 9.43. The van der Waals surface area contributed by atoms with Gasteiger partial charge in [0.15, 0.2) is 0 Å². The molecule has 11 aromatic rings. The van der Waals surface area contributed by atoms with Crippen LogP contribution in [0.4, 0.5) is 11.4 Å². The van der Waals surface area contributed by atoms with E-state index in [-0.39, 0.29) is 17.7 Å². The van der Waals surface area contributed by atoms with Crippen LogP contribution in [0.1, 0.15) is 52.7 Å². The molecule has 6 heteroatoms. The summed E-state index contributed by atoms with van der Waals surface area (Å²) in [7, 11) is -2.30. The predicted molar refractivity (Wildman–Crippen MR) is 274 cm³/mol. The Hall–Kier alpha value is -6.76. The topological polar surface area (TPSA) is 34.5 Å². The van der Waals surface area contributed by atoms with Gasteiger partial charge in [-0.2, -0.15) is 0 Å². The van der Waals surface area contributed by atoms with Crippen LogP contribution in [0.3, 0.4) is 0 Å². The lowest BCUT2D eigenvalue weighted by Crippen LogP contribution is -2.61. The number of fused-ring (bicyclic) bond motifs is 19. The molecule has 0 bridgehead atoms. The van der Waals surface area contributed by atoms with E-state index in [1.807, 2.05) is 0 Å². The molecule has 0 saturated heterocycles. The van der Waals surface area contributed by atoms with Gasteiger partial charge in [0.1, 0.15) is 30.4 Å². The van der Waals surface area contributed by atoms with E-state index in [1.54, 1.807) is 5.19 Å². The van der Waals surface area contributed by atoms with Gasteiger partial charge in [-0.15, -0.1) is 0 Å². The van der Waals surface area contributed by atoms with Crippen LogP contribution in [-0.4, -0.2) is 19.5 Å². The second-order valence-corrected chi connectivity index (χ2v) is 25.6. The van der Waals surface area contributed by atoms with E-state index in [2.05, 4.69) is 204 Å². The normalized spacial score (nSPS) is 14.9. The van der Waals surface area contributed by atoms with Crippen LogP contribution >= 0.6 is 0 Å². The molecule has 3 aliphatic heterocycles. The number of furan rings is 2. The quantitative estimate of drug-likeness (QED) is 0.154. The van der Waals surface area contributed by atoms with Crippen molar-refractivity contribution < 1.29 is 8.83 Å². The summed E-state index contributed by atoms with van der Waals surface area (Å²) in [5.41, 5.74) is 20.4. The second kappa shape index (κ2) is 11.9. The van der Waals surface area contributed by atoms with Crippen LogP contribution in [-0.2, 0) is 10.8 Å². The monoisotopic (exact) mass is 842 g/mol.